The van der Waals surface area contributed by atoms with Gasteiger partial charge in [0.1, 0.15) is 11.6 Å². The van der Waals surface area contributed by atoms with E-state index in [1.54, 1.807) is 0 Å². The van der Waals surface area contributed by atoms with Crippen LogP contribution >= 0.6 is 0 Å². The fourth-order valence-electron chi connectivity index (χ4n) is 4.50. The first-order valence-corrected chi connectivity index (χ1v) is 13.4. The second-order valence-electron chi connectivity index (χ2n) is 10.6. The van der Waals surface area contributed by atoms with Crippen molar-refractivity contribution in [3.05, 3.63) is 95.8 Å². The Morgan fingerprint density at radius 1 is 0.892 bits per heavy atom. The predicted octanol–water partition coefficient (Wildman–Crippen LogP) is 6.48. The molecule has 0 radical (unpaired) electrons. The lowest BCUT2D eigenvalue weighted by Crippen LogP contribution is -2.26. The lowest BCUT2D eigenvalue weighted by Gasteiger charge is -2.19. The minimum atomic E-state index is 0.0627. The number of rotatable bonds is 12. The molecule has 5 heteroatoms. The molecule has 0 fully saturated rings. The van der Waals surface area contributed by atoms with E-state index in [1.165, 1.54) is 11.1 Å². The number of benzene rings is 3. The van der Waals surface area contributed by atoms with Gasteiger partial charge in [-0.1, -0.05) is 75.4 Å². The molecule has 0 aliphatic rings. The maximum atomic E-state index is 12.3. The van der Waals surface area contributed by atoms with Crippen LogP contribution in [0.25, 0.3) is 11.0 Å². The Morgan fingerprint density at radius 3 is 2.38 bits per heavy atom. The standard InChI is InChI=1S/C32H39N3O2/c1-32(2,3)26-17-19-27(20-18-26)37-23-10-9-22-35-29-15-8-7-14-28(29)34-30(35)16-11-21-33-31(36)24-25-12-5-4-6-13-25/h4-8,12-15,17-20H,9-11,16,21-24H2,1-3H3,(H,33,36). The maximum Gasteiger partial charge on any atom is 0.224 e. The van der Waals surface area contributed by atoms with E-state index >= 15 is 0 Å². The zero-order valence-corrected chi connectivity index (χ0v) is 22.4. The van der Waals surface area contributed by atoms with Gasteiger partial charge in [0.15, 0.2) is 0 Å². The Balaban J connectivity index is 1.24. The van der Waals surface area contributed by atoms with Gasteiger partial charge in [0.2, 0.25) is 5.91 Å². The number of unbranched alkanes of at least 4 members (excludes halogenated alkanes) is 1. The SMILES string of the molecule is CC(C)(C)c1ccc(OCCCCn2c(CCCNC(=O)Cc3ccccc3)nc3ccccc32)cc1. The highest BCUT2D eigenvalue weighted by Crippen LogP contribution is 2.24. The van der Waals surface area contributed by atoms with Crippen LogP contribution in [0, 0.1) is 0 Å². The van der Waals surface area contributed by atoms with E-state index in [4.69, 9.17) is 9.72 Å². The van der Waals surface area contributed by atoms with E-state index in [0.29, 0.717) is 19.6 Å². The summed E-state index contributed by atoms with van der Waals surface area (Å²) < 4.78 is 8.32. The third kappa shape index (κ3) is 7.69. The molecule has 0 aliphatic carbocycles. The third-order valence-electron chi connectivity index (χ3n) is 6.61. The molecule has 37 heavy (non-hydrogen) atoms. The van der Waals surface area contributed by atoms with Crippen LogP contribution in [-0.2, 0) is 29.6 Å². The number of hydrogen-bond donors (Lipinski definition) is 1. The fraction of sp³-hybridized carbons (Fsp3) is 0.375. The number of fused-ring (bicyclic) bond motifs is 1. The molecular weight excluding hydrogens is 458 g/mol. The highest BCUT2D eigenvalue weighted by Gasteiger charge is 2.13. The van der Waals surface area contributed by atoms with Gasteiger partial charge >= 0.3 is 0 Å². The topological polar surface area (TPSA) is 56.1 Å². The second-order valence-corrected chi connectivity index (χ2v) is 10.6. The number of imidazole rings is 1. The van der Waals surface area contributed by atoms with Gasteiger partial charge in [-0.3, -0.25) is 4.79 Å². The quantitative estimate of drug-likeness (QED) is 0.228. The smallest absolute Gasteiger partial charge is 0.224 e. The van der Waals surface area contributed by atoms with Crippen molar-refractivity contribution in [1.29, 1.82) is 0 Å². The van der Waals surface area contributed by atoms with E-state index in [1.807, 2.05) is 36.4 Å². The highest BCUT2D eigenvalue weighted by atomic mass is 16.5. The van der Waals surface area contributed by atoms with Crippen LogP contribution in [0.1, 0.15) is 57.0 Å². The van der Waals surface area contributed by atoms with E-state index < -0.39 is 0 Å². The van der Waals surface area contributed by atoms with Gasteiger partial charge < -0.3 is 14.6 Å². The summed E-state index contributed by atoms with van der Waals surface area (Å²) in [4.78, 5) is 17.1. The minimum absolute atomic E-state index is 0.0627. The van der Waals surface area contributed by atoms with Crippen molar-refractivity contribution in [2.45, 2.75) is 64.8 Å². The summed E-state index contributed by atoms with van der Waals surface area (Å²) in [6.07, 6.45) is 4.10. The van der Waals surface area contributed by atoms with Crippen LogP contribution in [0.3, 0.4) is 0 Å². The molecule has 1 aromatic heterocycles. The van der Waals surface area contributed by atoms with Crippen LogP contribution in [0.4, 0.5) is 0 Å². The number of aryl methyl sites for hydroxylation is 2. The van der Waals surface area contributed by atoms with Crippen molar-refractivity contribution in [3.8, 4) is 5.75 Å². The van der Waals surface area contributed by atoms with Crippen molar-refractivity contribution in [1.82, 2.24) is 14.9 Å². The number of para-hydroxylation sites is 2. The fourth-order valence-corrected chi connectivity index (χ4v) is 4.50. The van der Waals surface area contributed by atoms with Crippen molar-refractivity contribution >= 4 is 16.9 Å². The van der Waals surface area contributed by atoms with Crippen LogP contribution in [-0.4, -0.2) is 28.6 Å². The van der Waals surface area contributed by atoms with E-state index in [2.05, 4.69) is 73.1 Å². The lowest BCUT2D eigenvalue weighted by molar-refractivity contribution is -0.120. The molecule has 4 aromatic rings. The van der Waals surface area contributed by atoms with Gasteiger partial charge in [-0.15, -0.1) is 0 Å². The first kappa shape index (κ1) is 26.5. The Labute approximate surface area is 220 Å². The first-order chi connectivity index (χ1) is 17.9. The lowest BCUT2D eigenvalue weighted by atomic mass is 9.87. The molecule has 3 aromatic carbocycles. The van der Waals surface area contributed by atoms with E-state index in [9.17, 15) is 4.79 Å². The van der Waals surface area contributed by atoms with Gasteiger partial charge in [-0.2, -0.15) is 0 Å². The average Bonchev–Trinajstić information content (AvgIpc) is 3.24. The molecule has 0 saturated carbocycles. The Morgan fingerprint density at radius 2 is 1.62 bits per heavy atom. The number of ether oxygens (including phenoxy) is 1. The molecule has 1 amide bonds. The molecule has 1 heterocycles. The summed E-state index contributed by atoms with van der Waals surface area (Å²) in [5, 5.41) is 3.05. The largest absolute Gasteiger partial charge is 0.494 e. The molecule has 0 atom stereocenters. The van der Waals surface area contributed by atoms with Crippen LogP contribution in [0.2, 0.25) is 0 Å². The van der Waals surface area contributed by atoms with Crippen molar-refractivity contribution in [3.63, 3.8) is 0 Å². The van der Waals surface area contributed by atoms with Crippen LogP contribution < -0.4 is 10.1 Å². The average molecular weight is 498 g/mol. The number of amides is 1. The van der Waals surface area contributed by atoms with Gasteiger partial charge in [0, 0.05) is 19.5 Å². The van der Waals surface area contributed by atoms with E-state index in [0.717, 1.165) is 54.9 Å². The minimum Gasteiger partial charge on any atom is -0.494 e. The van der Waals surface area contributed by atoms with Gasteiger partial charge in [0.25, 0.3) is 0 Å². The van der Waals surface area contributed by atoms with Crippen LogP contribution in [0.5, 0.6) is 5.75 Å². The number of nitrogens with one attached hydrogen (secondary N) is 1. The number of hydrogen-bond acceptors (Lipinski definition) is 3. The van der Waals surface area contributed by atoms with Gasteiger partial charge in [-0.25, -0.2) is 4.98 Å². The maximum absolute atomic E-state index is 12.3. The predicted molar refractivity (Wildman–Crippen MR) is 151 cm³/mol. The molecule has 4 rings (SSSR count). The van der Waals surface area contributed by atoms with Crippen molar-refractivity contribution in [2.24, 2.45) is 0 Å². The van der Waals surface area contributed by atoms with Gasteiger partial charge in [0.05, 0.1) is 24.1 Å². The highest BCUT2D eigenvalue weighted by molar-refractivity contribution is 5.78. The summed E-state index contributed by atoms with van der Waals surface area (Å²) in [5.41, 5.74) is 4.70. The molecule has 0 saturated heterocycles. The molecule has 0 aliphatic heterocycles. The summed E-state index contributed by atoms with van der Waals surface area (Å²) in [6.45, 7) is 8.92. The zero-order chi connectivity index (χ0) is 26.1. The van der Waals surface area contributed by atoms with E-state index in [-0.39, 0.29) is 11.3 Å². The molecule has 0 bridgehead atoms. The van der Waals surface area contributed by atoms with Crippen LogP contribution in [0.15, 0.2) is 78.9 Å². The zero-order valence-electron chi connectivity index (χ0n) is 22.4. The number of nitrogens with zero attached hydrogens (tertiary/aromatic N) is 2. The van der Waals surface area contributed by atoms with Crippen molar-refractivity contribution < 1.29 is 9.53 Å². The molecule has 194 valence electrons. The Hall–Kier alpha value is -3.60. The molecule has 0 unspecified atom stereocenters. The van der Waals surface area contributed by atoms with Gasteiger partial charge in [-0.05, 0) is 60.1 Å². The first-order valence-electron chi connectivity index (χ1n) is 13.4. The molecule has 0 spiro atoms. The molecule has 5 nitrogen and oxygen atoms in total. The third-order valence-corrected chi connectivity index (χ3v) is 6.61. The monoisotopic (exact) mass is 497 g/mol. The summed E-state index contributed by atoms with van der Waals surface area (Å²) in [5.74, 6) is 2.07. The Kier molecular flexibility index (Phi) is 8.99. The summed E-state index contributed by atoms with van der Waals surface area (Å²) >= 11 is 0. The number of aromatic nitrogens is 2. The number of carbonyl (C=O) groups excluding carboxylic acids is 1. The van der Waals surface area contributed by atoms with Crippen molar-refractivity contribution in [2.75, 3.05) is 13.2 Å². The second kappa shape index (κ2) is 12.6. The normalized spacial score (nSPS) is 11.5. The Bertz CT molecular complexity index is 1270. The summed E-state index contributed by atoms with van der Waals surface area (Å²) in [7, 11) is 0. The molecular formula is C32H39N3O2. The summed E-state index contributed by atoms with van der Waals surface area (Å²) in [6, 6.07) is 26.6. The number of carbonyl (C=O) groups is 1. The molecule has 1 N–H and O–H groups in total.